The van der Waals surface area contributed by atoms with E-state index >= 15 is 0 Å². The molecule has 5 atom stereocenters. The van der Waals surface area contributed by atoms with E-state index in [1.54, 1.807) is 0 Å². The van der Waals surface area contributed by atoms with E-state index in [1.165, 1.54) is 7.11 Å². The molecule has 0 aromatic heterocycles. The predicted molar refractivity (Wildman–Crippen MR) is 47.5 cm³/mol. The molecule has 0 aliphatic carbocycles. The van der Waals surface area contributed by atoms with Gasteiger partial charge in [-0.05, 0) is 0 Å². The third-order valence-electron chi connectivity index (χ3n) is 2.05. The number of halogens is 1. The summed E-state index contributed by atoms with van der Waals surface area (Å²) in [4.78, 5) is 0. The zero-order chi connectivity index (χ0) is 10.0. The van der Waals surface area contributed by atoms with Crippen molar-refractivity contribution in [2.24, 2.45) is 0 Å². The molecule has 0 radical (unpaired) electrons. The minimum Gasteiger partial charge on any atom is -0.388 e. The van der Waals surface area contributed by atoms with Crippen LogP contribution < -0.4 is 0 Å². The Balaban J connectivity index is 2.66. The summed E-state index contributed by atoms with van der Waals surface area (Å²) in [6, 6.07) is 0. The first-order valence-corrected chi connectivity index (χ1v) is 5.02. The van der Waals surface area contributed by atoms with E-state index in [-0.39, 0.29) is 0 Å². The average Bonchev–Trinajstić information content (AvgIpc) is 2.15. The fraction of sp³-hybridized carbons (Fsp3) is 1.00. The van der Waals surface area contributed by atoms with Crippen molar-refractivity contribution in [3.05, 3.63) is 0 Å². The summed E-state index contributed by atoms with van der Waals surface area (Å²) in [5, 5.41) is 28.5. The Labute approximate surface area is 84.4 Å². The number of aliphatic hydroxyl groups is 3. The van der Waals surface area contributed by atoms with Gasteiger partial charge in [-0.25, -0.2) is 0 Å². The standard InChI is InChI=1S/C7H13BrO5/c1-12-7-6(11)5(10)4(9)3(2-8)13-7/h3-7,9-11H,2H2,1H3/t3?,4-,5-,6?,7+/m0/s1. The lowest BCUT2D eigenvalue weighted by Crippen LogP contribution is -2.58. The topological polar surface area (TPSA) is 79.2 Å². The maximum absolute atomic E-state index is 9.40. The Bertz CT molecular complexity index is 147. The second-order valence-electron chi connectivity index (χ2n) is 2.90. The van der Waals surface area contributed by atoms with Crippen LogP contribution in [0.2, 0.25) is 0 Å². The van der Waals surface area contributed by atoms with E-state index in [9.17, 15) is 15.3 Å². The highest BCUT2D eigenvalue weighted by Gasteiger charge is 2.43. The molecule has 1 saturated heterocycles. The Morgan fingerprint density at radius 1 is 1.23 bits per heavy atom. The summed E-state index contributed by atoms with van der Waals surface area (Å²) in [6.07, 6.45) is -5.00. The molecule has 1 aliphatic rings. The zero-order valence-electron chi connectivity index (χ0n) is 7.13. The van der Waals surface area contributed by atoms with Gasteiger partial charge < -0.3 is 24.8 Å². The fourth-order valence-corrected chi connectivity index (χ4v) is 1.77. The van der Waals surface area contributed by atoms with Gasteiger partial charge in [-0.2, -0.15) is 0 Å². The van der Waals surface area contributed by atoms with Crippen LogP contribution in [0, 0.1) is 0 Å². The fourth-order valence-electron chi connectivity index (χ4n) is 1.24. The molecule has 0 saturated carbocycles. The number of hydrogen-bond acceptors (Lipinski definition) is 5. The van der Waals surface area contributed by atoms with Gasteiger partial charge in [0.15, 0.2) is 6.29 Å². The minimum atomic E-state index is -1.23. The molecule has 0 amide bonds. The second kappa shape index (κ2) is 4.68. The van der Waals surface area contributed by atoms with Gasteiger partial charge in [-0.3, -0.25) is 0 Å². The number of aliphatic hydroxyl groups excluding tert-OH is 3. The van der Waals surface area contributed by atoms with Crippen molar-refractivity contribution < 1.29 is 24.8 Å². The molecule has 13 heavy (non-hydrogen) atoms. The summed E-state index contributed by atoms with van der Waals surface area (Å²) >= 11 is 3.12. The molecule has 3 N–H and O–H groups in total. The second-order valence-corrected chi connectivity index (χ2v) is 3.55. The van der Waals surface area contributed by atoms with Crippen LogP contribution in [-0.2, 0) is 9.47 Å². The number of alkyl halides is 1. The molecule has 1 heterocycles. The molecule has 1 aliphatic heterocycles. The van der Waals surface area contributed by atoms with Crippen molar-refractivity contribution in [3.8, 4) is 0 Å². The summed E-state index contributed by atoms with van der Waals surface area (Å²) in [6.45, 7) is 0. The van der Waals surface area contributed by atoms with Crippen molar-refractivity contribution in [1.29, 1.82) is 0 Å². The molecular formula is C7H13BrO5. The smallest absolute Gasteiger partial charge is 0.186 e. The number of methoxy groups -OCH3 is 1. The summed E-state index contributed by atoms with van der Waals surface area (Å²) in [7, 11) is 1.36. The lowest BCUT2D eigenvalue weighted by atomic mass is 10.0. The van der Waals surface area contributed by atoms with Crippen LogP contribution in [-0.4, -0.2) is 58.5 Å². The summed E-state index contributed by atoms with van der Waals surface area (Å²) in [5.74, 6) is 0. The SMILES string of the molecule is CO[C@@H]1OC(CBr)[C@H](O)[C@H](O)C1O. The third kappa shape index (κ3) is 2.20. The number of hydrogen-bond donors (Lipinski definition) is 3. The average molecular weight is 257 g/mol. The molecule has 5 nitrogen and oxygen atoms in total. The van der Waals surface area contributed by atoms with Crippen LogP contribution in [0.15, 0.2) is 0 Å². The van der Waals surface area contributed by atoms with Crippen molar-refractivity contribution in [3.63, 3.8) is 0 Å². The first-order valence-electron chi connectivity index (χ1n) is 3.90. The van der Waals surface area contributed by atoms with Crippen LogP contribution in [0.25, 0.3) is 0 Å². The lowest BCUT2D eigenvalue weighted by Gasteiger charge is -2.39. The van der Waals surface area contributed by atoms with Crippen LogP contribution in [0.4, 0.5) is 0 Å². The van der Waals surface area contributed by atoms with Gasteiger partial charge >= 0.3 is 0 Å². The zero-order valence-corrected chi connectivity index (χ0v) is 8.72. The normalized spacial score (nSPS) is 46.4. The molecule has 2 unspecified atom stereocenters. The number of rotatable bonds is 2. The van der Waals surface area contributed by atoms with Gasteiger partial charge in [0.1, 0.15) is 18.3 Å². The highest BCUT2D eigenvalue weighted by atomic mass is 79.9. The van der Waals surface area contributed by atoms with E-state index in [2.05, 4.69) is 15.9 Å². The Morgan fingerprint density at radius 2 is 1.85 bits per heavy atom. The minimum absolute atomic E-state index is 0.373. The van der Waals surface area contributed by atoms with Crippen LogP contribution in [0.3, 0.4) is 0 Å². The van der Waals surface area contributed by atoms with Crippen LogP contribution in [0.1, 0.15) is 0 Å². The largest absolute Gasteiger partial charge is 0.388 e. The first-order chi connectivity index (χ1) is 6.11. The molecule has 0 aromatic rings. The van der Waals surface area contributed by atoms with Crippen LogP contribution in [0.5, 0.6) is 0 Å². The van der Waals surface area contributed by atoms with Gasteiger partial charge in [0, 0.05) is 12.4 Å². The Kier molecular flexibility index (Phi) is 4.08. The molecule has 1 fully saturated rings. The highest BCUT2D eigenvalue weighted by molar-refractivity contribution is 9.09. The molecule has 78 valence electrons. The van der Waals surface area contributed by atoms with E-state index < -0.39 is 30.7 Å². The van der Waals surface area contributed by atoms with Gasteiger partial charge in [-0.1, -0.05) is 15.9 Å². The van der Waals surface area contributed by atoms with Crippen molar-refractivity contribution in [2.45, 2.75) is 30.7 Å². The molecule has 0 bridgehead atoms. The first kappa shape index (κ1) is 11.4. The summed E-state index contributed by atoms with van der Waals surface area (Å²) in [5.41, 5.74) is 0. The number of ether oxygens (including phenoxy) is 2. The van der Waals surface area contributed by atoms with E-state index in [0.717, 1.165) is 0 Å². The molecule has 0 aromatic carbocycles. The maximum atomic E-state index is 9.40. The Morgan fingerprint density at radius 3 is 2.31 bits per heavy atom. The third-order valence-corrected chi connectivity index (χ3v) is 2.69. The van der Waals surface area contributed by atoms with Crippen molar-refractivity contribution in [2.75, 3.05) is 12.4 Å². The lowest BCUT2D eigenvalue weighted by molar-refractivity contribution is -0.284. The predicted octanol–water partition coefficient (Wildman–Crippen LogP) is -1.16. The van der Waals surface area contributed by atoms with Crippen LogP contribution >= 0.6 is 15.9 Å². The van der Waals surface area contributed by atoms with E-state index in [4.69, 9.17) is 9.47 Å². The van der Waals surface area contributed by atoms with Gasteiger partial charge in [0.05, 0.1) is 6.10 Å². The maximum Gasteiger partial charge on any atom is 0.186 e. The molecule has 6 heteroatoms. The van der Waals surface area contributed by atoms with Crippen molar-refractivity contribution >= 4 is 15.9 Å². The van der Waals surface area contributed by atoms with Crippen molar-refractivity contribution in [1.82, 2.24) is 0 Å². The van der Waals surface area contributed by atoms with E-state index in [1.807, 2.05) is 0 Å². The van der Waals surface area contributed by atoms with Gasteiger partial charge in [0.25, 0.3) is 0 Å². The van der Waals surface area contributed by atoms with Gasteiger partial charge in [-0.15, -0.1) is 0 Å². The monoisotopic (exact) mass is 256 g/mol. The quantitative estimate of drug-likeness (QED) is 0.543. The molecular weight excluding hydrogens is 244 g/mol. The molecule has 0 spiro atoms. The van der Waals surface area contributed by atoms with Gasteiger partial charge in [0.2, 0.25) is 0 Å². The highest BCUT2D eigenvalue weighted by Crippen LogP contribution is 2.22. The Hall–Kier alpha value is 0.280. The van der Waals surface area contributed by atoms with E-state index in [0.29, 0.717) is 5.33 Å². The summed E-state index contributed by atoms with van der Waals surface area (Å²) < 4.78 is 9.94. The molecule has 1 rings (SSSR count).